The molecule has 0 radical (unpaired) electrons. The first-order valence-corrected chi connectivity index (χ1v) is 8.35. The summed E-state index contributed by atoms with van der Waals surface area (Å²) in [6.07, 6.45) is 0.899. The van der Waals surface area contributed by atoms with E-state index in [-0.39, 0.29) is 11.7 Å². The van der Waals surface area contributed by atoms with Gasteiger partial charge in [0.25, 0.3) is 0 Å². The Bertz CT molecular complexity index is 501. The molecule has 2 rings (SSSR count). The highest BCUT2D eigenvalue weighted by Crippen LogP contribution is 2.25. The van der Waals surface area contributed by atoms with Gasteiger partial charge in [-0.25, -0.2) is 12.7 Å². The van der Waals surface area contributed by atoms with E-state index >= 15 is 0 Å². The van der Waals surface area contributed by atoms with Crippen LogP contribution in [0.3, 0.4) is 0 Å². The minimum Gasteiger partial charge on any atom is -0.330 e. The number of rotatable bonds is 4. The van der Waals surface area contributed by atoms with Gasteiger partial charge in [-0.3, -0.25) is 0 Å². The van der Waals surface area contributed by atoms with Crippen molar-refractivity contribution in [1.29, 1.82) is 0 Å². The van der Waals surface area contributed by atoms with Crippen molar-refractivity contribution in [2.45, 2.75) is 19.1 Å². The molecule has 106 valence electrons. The van der Waals surface area contributed by atoms with Crippen LogP contribution in [0.2, 0.25) is 0 Å². The van der Waals surface area contributed by atoms with Gasteiger partial charge in [0, 0.05) is 13.1 Å². The van der Waals surface area contributed by atoms with E-state index in [2.05, 4.69) is 6.92 Å². The highest BCUT2D eigenvalue weighted by atomic mass is 32.2. The van der Waals surface area contributed by atoms with Crippen LogP contribution >= 0.6 is 0 Å². The Kier molecular flexibility index (Phi) is 4.60. The number of piperidine rings is 1. The van der Waals surface area contributed by atoms with Gasteiger partial charge in [0.1, 0.15) is 0 Å². The van der Waals surface area contributed by atoms with E-state index in [1.807, 2.05) is 30.3 Å². The van der Waals surface area contributed by atoms with E-state index in [9.17, 15) is 8.42 Å². The van der Waals surface area contributed by atoms with Crippen molar-refractivity contribution >= 4 is 10.0 Å². The summed E-state index contributed by atoms with van der Waals surface area (Å²) < 4.78 is 26.4. The second-order valence-corrected chi connectivity index (χ2v) is 7.33. The van der Waals surface area contributed by atoms with Crippen molar-refractivity contribution in [2.75, 3.05) is 19.6 Å². The molecule has 1 aliphatic heterocycles. The fourth-order valence-corrected chi connectivity index (χ4v) is 4.15. The molecule has 1 saturated heterocycles. The Balaban J connectivity index is 2.08. The summed E-state index contributed by atoms with van der Waals surface area (Å²) in [4.78, 5) is 0. The highest BCUT2D eigenvalue weighted by Gasteiger charge is 2.31. The van der Waals surface area contributed by atoms with E-state index < -0.39 is 10.0 Å². The summed E-state index contributed by atoms with van der Waals surface area (Å²) in [5.41, 5.74) is 6.57. The van der Waals surface area contributed by atoms with Crippen molar-refractivity contribution < 1.29 is 8.42 Å². The summed E-state index contributed by atoms with van der Waals surface area (Å²) in [5.74, 6) is 0.868. The van der Waals surface area contributed by atoms with Gasteiger partial charge in [0.05, 0.1) is 5.75 Å². The average Bonchev–Trinajstić information content (AvgIpc) is 2.39. The van der Waals surface area contributed by atoms with E-state index in [1.54, 1.807) is 4.31 Å². The van der Waals surface area contributed by atoms with Crippen LogP contribution in [0, 0.1) is 11.8 Å². The summed E-state index contributed by atoms with van der Waals surface area (Å²) in [6.45, 7) is 3.89. The van der Waals surface area contributed by atoms with Gasteiger partial charge in [-0.1, -0.05) is 37.3 Å². The zero-order chi connectivity index (χ0) is 13.9. The molecule has 0 aliphatic carbocycles. The molecule has 2 unspecified atom stereocenters. The summed E-state index contributed by atoms with van der Waals surface area (Å²) in [7, 11) is -3.23. The molecule has 0 spiro atoms. The summed E-state index contributed by atoms with van der Waals surface area (Å²) in [5, 5.41) is 0. The van der Waals surface area contributed by atoms with Gasteiger partial charge in [0.2, 0.25) is 10.0 Å². The first kappa shape index (κ1) is 14.5. The fourth-order valence-electron chi connectivity index (χ4n) is 2.55. The molecule has 0 saturated carbocycles. The molecule has 4 nitrogen and oxygen atoms in total. The molecule has 1 aliphatic rings. The fraction of sp³-hybridized carbons (Fsp3) is 0.571. The Hall–Kier alpha value is -0.910. The first-order valence-electron chi connectivity index (χ1n) is 6.74. The van der Waals surface area contributed by atoms with Crippen molar-refractivity contribution in [1.82, 2.24) is 4.31 Å². The average molecular weight is 282 g/mol. The van der Waals surface area contributed by atoms with Gasteiger partial charge in [-0.15, -0.1) is 0 Å². The van der Waals surface area contributed by atoms with E-state index in [4.69, 9.17) is 5.73 Å². The Morgan fingerprint density at radius 1 is 1.32 bits per heavy atom. The maximum Gasteiger partial charge on any atom is 0.218 e. The van der Waals surface area contributed by atoms with Crippen LogP contribution in [0.15, 0.2) is 30.3 Å². The minimum absolute atomic E-state index is 0.0828. The standard InChI is InChI=1S/C14H22N2O2S/c1-12-7-8-16(10-14(12)9-15)19(17,18)11-13-5-3-2-4-6-13/h2-6,12,14H,7-11,15H2,1H3. The predicted octanol–water partition coefficient (Wildman–Crippen LogP) is 1.43. The summed E-state index contributed by atoms with van der Waals surface area (Å²) in [6, 6.07) is 9.33. The third-order valence-corrected chi connectivity index (χ3v) is 5.78. The smallest absolute Gasteiger partial charge is 0.218 e. The van der Waals surface area contributed by atoms with Crippen LogP contribution in [0.1, 0.15) is 18.9 Å². The van der Waals surface area contributed by atoms with E-state index in [1.165, 1.54) is 0 Å². The Labute approximate surface area is 115 Å². The zero-order valence-electron chi connectivity index (χ0n) is 11.3. The van der Waals surface area contributed by atoms with Crippen LogP contribution in [0.5, 0.6) is 0 Å². The van der Waals surface area contributed by atoms with Crippen LogP contribution in [0.25, 0.3) is 0 Å². The lowest BCUT2D eigenvalue weighted by Gasteiger charge is -2.35. The van der Waals surface area contributed by atoms with Crippen LogP contribution < -0.4 is 5.73 Å². The predicted molar refractivity (Wildman–Crippen MR) is 77.0 cm³/mol. The molecule has 0 bridgehead atoms. The number of nitrogens with two attached hydrogens (primary N) is 1. The lowest BCUT2D eigenvalue weighted by atomic mass is 9.88. The third kappa shape index (κ3) is 3.55. The van der Waals surface area contributed by atoms with Gasteiger partial charge >= 0.3 is 0 Å². The second kappa shape index (κ2) is 6.03. The van der Waals surface area contributed by atoms with Gasteiger partial charge in [-0.2, -0.15) is 0 Å². The minimum atomic E-state index is -3.23. The Morgan fingerprint density at radius 2 is 2.00 bits per heavy atom. The van der Waals surface area contributed by atoms with Crippen LogP contribution in [-0.2, 0) is 15.8 Å². The topological polar surface area (TPSA) is 63.4 Å². The second-order valence-electron chi connectivity index (χ2n) is 5.36. The largest absolute Gasteiger partial charge is 0.330 e. The molecule has 1 aromatic rings. The quantitative estimate of drug-likeness (QED) is 0.908. The number of benzene rings is 1. The lowest BCUT2D eigenvalue weighted by Crippen LogP contribution is -2.45. The van der Waals surface area contributed by atoms with Gasteiger partial charge in [0.15, 0.2) is 0 Å². The van der Waals surface area contributed by atoms with E-state index in [0.29, 0.717) is 25.6 Å². The monoisotopic (exact) mass is 282 g/mol. The molecule has 0 aromatic heterocycles. The number of sulfonamides is 1. The van der Waals surface area contributed by atoms with Crippen molar-refractivity contribution in [3.63, 3.8) is 0 Å². The van der Waals surface area contributed by atoms with Crippen LogP contribution in [-0.4, -0.2) is 32.4 Å². The molecule has 1 fully saturated rings. The molecule has 0 amide bonds. The molecule has 1 heterocycles. The Morgan fingerprint density at radius 3 is 2.63 bits per heavy atom. The normalized spacial score (nSPS) is 25.4. The molecule has 19 heavy (non-hydrogen) atoms. The highest BCUT2D eigenvalue weighted by molar-refractivity contribution is 7.88. The third-order valence-electron chi connectivity index (χ3n) is 3.96. The maximum absolute atomic E-state index is 12.4. The first-order chi connectivity index (χ1) is 9.03. The van der Waals surface area contributed by atoms with E-state index in [0.717, 1.165) is 12.0 Å². The van der Waals surface area contributed by atoms with Crippen molar-refractivity contribution in [2.24, 2.45) is 17.6 Å². The number of hydrogen-bond acceptors (Lipinski definition) is 3. The molecule has 5 heteroatoms. The maximum atomic E-state index is 12.4. The lowest BCUT2D eigenvalue weighted by molar-refractivity contribution is 0.203. The zero-order valence-corrected chi connectivity index (χ0v) is 12.1. The van der Waals surface area contributed by atoms with Gasteiger partial charge < -0.3 is 5.73 Å². The number of nitrogens with zero attached hydrogens (tertiary/aromatic N) is 1. The van der Waals surface area contributed by atoms with Crippen molar-refractivity contribution in [3.8, 4) is 0 Å². The van der Waals surface area contributed by atoms with Crippen molar-refractivity contribution in [3.05, 3.63) is 35.9 Å². The van der Waals surface area contributed by atoms with Gasteiger partial charge in [-0.05, 0) is 30.4 Å². The molecule has 1 aromatic carbocycles. The SMILES string of the molecule is CC1CCN(S(=O)(=O)Cc2ccccc2)CC1CN. The molecular formula is C14H22N2O2S. The van der Waals surface area contributed by atoms with Crippen LogP contribution in [0.4, 0.5) is 0 Å². The number of hydrogen-bond donors (Lipinski definition) is 1. The molecular weight excluding hydrogens is 260 g/mol. The molecule has 2 atom stereocenters. The summed E-state index contributed by atoms with van der Waals surface area (Å²) >= 11 is 0. The molecule has 2 N–H and O–H groups in total.